The van der Waals surface area contributed by atoms with Crippen molar-refractivity contribution >= 4 is 11.6 Å². The number of aromatic nitrogens is 2. The summed E-state index contributed by atoms with van der Waals surface area (Å²) in [6.07, 6.45) is -4.40. The summed E-state index contributed by atoms with van der Waals surface area (Å²) in [7, 11) is 0. The lowest BCUT2D eigenvalue weighted by atomic mass is 10.1. The molecule has 1 amide bonds. The lowest BCUT2D eigenvalue weighted by Crippen LogP contribution is -2.51. The van der Waals surface area contributed by atoms with Crippen molar-refractivity contribution < 1.29 is 18.0 Å². The number of carbonyl (C=O) groups is 1. The number of carbonyl (C=O) groups excluding carboxylic acids is 1. The highest BCUT2D eigenvalue weighted by Gasteiger charge is 2.32. The van der Waals surface area contributed by atoms with E-state index in [9.17, 15) is 22.8 Å². The largest absolute Gasteiger partial charge is 0.416 e. The first-order valence-corrected chi connectivity index (χ1v) is 10.6. The van der Waals surface area contributed by atoms with E-state index in [1.54, 1.807) is 24.0 Å². The van der Waals surface area contributed by atoms with Crippen LogP contribution < -0.4 is 10.5 Å². The highest BCUT2D eigenvalue weighted by Crippen LogP contribution is 2.32. The average Bonchev–Trinajstić information content (AvgIpc) is 2.84. The minimum absolute atomic E-state index is 0.251. The molecule has 1 saturated heterocycles. The molecule has 1 unspecified atom stereocenters. The second kappa shape index (κ2) is 9.09. The Morgan fingerprint density at radius 3 is 2.30 bits per heavy atom. The number of anilines is 1. The van der Waals surface area contributed by atoms with Crippen molar-refractivity contribution in [3.8, 4) is 11.3 Å². The quantitative estimate of drug-likeness (QED) is 0.599. The Balaban J connectivity index is 1.46. The SMILES string of the molecule is CC(C(=O)N1CCN(c2cccc(C(F)(F)F)c2)CC1)n1nc(-c2ccccc2)ccc1=O. The molecule has 1 aromatic heterocycles. The molecule has 2 aromatic carbocycles. The second-order valence-electron chi connectivity index (χ2n) is 7.90. The molecule has 6 nitrogen and oxygen atoms in total. The minimum Gasteiger partial charge on any atom is -0.368 e. The van der Waals surface area contributed by atoms with Crippen LogP contribution in [0.15, 0.2) is 71.5 Å². The van der Waals surface area contributed by atoms with Crippen LogP contribution in [0.25, 0.3) is 11.3 Å². The smallest absolute Gasteiger partial charge is 0.368 e. The number of alkyl halides is 3. The third-order valence-electron chi connectivity index (χ3n) is 5.75. The highest BCUT2D eigenvalue weighted by molar-refractivity contribution is 5.80. The van der Waals surface area contributed by atoms with Gasteiger partial charge in [-0.3, -0.25) is 9.59 Å². The maximum Gasteiger partial charge on any atom is 0.416 e. The molecule has 1 fully saturated rings. The summed E-state index contributed by atoms with van der Waals surface area (Å²) in [5, 5.41) is 4.39. The number of piperazine rings is 1. The van der Waals surface area contributed by atoms with Gasteiger partial charge in [-0.05, 0) is 31.2 Å². The molecule has 1 atom stereocenters. The van der Waals surface area contributed by atoms with Gasteiger partial charge < -0.3 is 9.80 Å². The molecule has 1 aliphatic rings. The van der Waals surface area contributed by atoms with Crippen molar-refractivity contribution in [2.45, 2.75) is 19.1 Å². The number of rotatable bonds is 4. The third kappa shape index (κ3) is 4.92. The lowest BCUT2D eigenvalue weighted by Gasteiger charge is -2.37. The second-order valence-corrected chi connectivity index (χ2v) is 7.90. The average molecular weight is 456 g/mol. The van der Waals surface area contributed by atoms with Crippen LogP contribution in [0, 0.1) is 0 Å². The topological polar surface area (TPSA) is 58.4 Å². The Morgan fingerprint density at radius 1 is 0.939 bits per heavy atom. The van der Waals surface area contributed by atoms with Gasteiger partial charge in [0.05, 0.1) is 11.3 Å². The Hall–Kier alpha value is -3.62. The van der Waals surface area contributed by atoms with Crippen LogP contribution in [0.1, 0.15) is 18.5 Å². The number of halogens is 3. The maximum atomic E-state index is 13.1. The predicted octanol–water partition coefficient (Wildman–Crippen LogP) is 3.84. The van der Waals surface area contributed by atoms with Crippen molar-refractivity contribution in [3.05, 3.63) is 82.6 Å². The van der Waals surface area contributed by atoms with E-state index >= 15 is 0 Å². The van der Waals surface area contributed by atoms with Gasteiger partial charge in [0, 0.05) is 43.5 Å². The van der Waals surface area contributed by atoms with E-state index in [0.717, 1.165) is 17.7 Å². The number of amides is 1. The van der Waals surface area contributed by atoms with Crippen molar-refractivity contribution in [2.75, 3.05) is 31.1 Å². The molecule has 4 rings (SSSR count). The fourth-order valence-electron chi connectivity index (χ4n) is 3.90. The Morgan fingerprint density at radius 2 is 1.64 bits per heavy atom. The van der Waals surface area contributed by atoms with Gasteiger partial charge in [-0.2, -0.15) is 18.3 Å². The van der Waals surface area contributed by atoms with Gasteiger partial charge in [0.15, 0.2) is 0 Å². The van der Waals surface area contributed by atoms with E-state index < -0.39 is 17.8 Å². The minimum atomic E-state index is -4.40. The number of hydrogen-bond donors (Lipinski definition) is 0. The molecule has 0 N–H and O–H groups in total. The Labute approximate surface area is 188 Å². The molecule has 0 radical (unpaired) electrons. The summed E-state index contributed by atoms with van der Waals surface area (Å²) >= 11 is 0. The fraction of sp³-hybridized carbons (Fsp3) is 0.292. The van der Waals surface area contributed by atoms with E-state index in [4.69, 9.17) is 0 Å². The molecular weight excluding hydrogens is 433 g/mol. The number of nitrogens with zero attached hydrogens (tertiary/aromatic N) is 4. The maximum absolute atomic E-state index is 13.1. The van der Waals surface area contributed by atoms with E-state index in [1.807, 2.05) is 35.2 Å². The third-order valence-corrected chi connectivity index (χ3v) is 5.75. The molecule has 0 bridgehead atoms. The summed E-state index contributed by atoms with van der Waals surface area (Å²) in [6, 6.07) is 16.8. The van der Waals surface area contributed by atoms with E-state index in [2.05, 4.69) is 5.10 Å². The van der Waals surface area contributed by atoms with Crippen LogP contribution >= 0.6 is 0 Å². The monoisotopic (exact) mass is 456 g/mol. The molecule has 0 saturated carbocycles. The van der Waals surface area contributed by atoms with Crippen LogP contribution in [0.4, 0.5) is 18.9 Å². The first-order valence-electron chi connectivity index (χ1n) is 10.6. The van der Waals surface area contributed by atoms with Crippen LogP contribution in [0.5, 0.6) is 0 Å². The Bertz CT molecular complexity index is 1190. The normalized spacial score (nSPS) is 15.4. The molecule has 172 valence electrons. The summed E-state index contributed by atoms with van der Waals surface area (Å²) in [6.45, 7) is 3.10. The molecular formula is C24H23F3N4O2. The van der Waals surface area contributed by atoms with Crippen LogP contribution in [-0.2, 0) is 11.0 Å². The van der Waals surface area contributed by atoms with Crippen LogP contribution in [0.3, 0.4) is 0 Å². The number of benzene rings is 2. The van der Waals surface area contributed by atoms with Crippen molar-refractivity contribution in [3.63, 3.8) is 0 Å². The standard InChI is InChI=1S/C24H23F3N4O2/c1-17(31-22(32)11-10-21(28-31)18-6-3-2-4-7-18)23(33)30-14-12-29(13-15-30)20-9-5-8-19(16-20)24(25,26)27/h2-11,16-17H,12-15H2,1H3. The highest BCUT2D eigenvalue weighted by atomic mass is 19.4. The van der Waals surface area contributed by atoms with Gasteiger partial charge in [0.1, 0.15) is 6.04 Å². The van der Waals surface area contributed by atoms with Crippen LogP contribution in [0.2, 0.25) is 0 Å². The zero-order chi connectivity index (χ0) is 23.6. The van der Waals surface area contributed by atoms with Crippen molar-refractivity contribution in [1.82, 2.24) is 14.7 Å². The van der Waals surface area contributed by atoms with Gasteiger partial charge >= 0.3 is 6.18 Å². The van der Waals surface area contributed by atoms with Gasteiger partial charge in [-0.15, -0.1) is 0 Å². The van der Waals surface area contributed by atoms with Gasteiger partial charge in [0.2, 0.25) is 5.91 Å². The summed E-state index contributed by atoms with van der Waals surface area (Å²) in [5.41, 5.74) is 0.817. The zero-order valence-corrected chi connectivity index (χ0v) is 18.0. The molecule has 0 spiro atoms. The molecule has 33 heavy (non-hydrogen) atoms. The molecule has 3 aromatic rings. The molecule has 2 heterocycles. The van der Waals surface area contributed by atoms with Crippen molar-refractivity contribution in [1.29, 1.82) is 0 Å². The summed E-state index contributed by atoms with van der Waals surface area (Å²) in [4.78, 5) is 28.9. The van der Waals surface area contributed by atoms with E-state index in [1.165, 1.54) is 16.8 Å². The van der Waals surface area contributed by atoms with Crippen LogP contribution in [-0.4, -0.2) is 46.8 Å². The van der Waals surface area contributed by atoms with Gasteiger partial charge in [-0.1, -0.05) is 36.4 Å². The molecule has 9 heteroatoms. The van der Waals surface area contributed by atoms with E-state index in [-0.39, 0.29) is 11.5 Å². The first kappa shape index (κ1) is 22.6. The molecule has 0 aliphatic carbocycles. The predicted molar refractivity (Wildman–Crippen MR) is 119 cm³/mol. The van der Waals surface area contributed by atoms with Crippen molar-refractivity contribution in [2.24, 2.45) is 0 Å². The summed E-state index contributed by atoms with van der Waals surface area (Å²) in [5.74, 6) is -0.251. The Kier molecular flexibility index (Phi) is 6.22. The number of hydrogen-bond acceptors (Lipinski definition) is 4. The zero-order valence-electron chi connectivity index (χ0n) is 18.0. The first-order chi connectivity index (χ1) is 15.7. The van der Waals surface area contributed by atoms with E-state index in [0.29, 0.717) is 37.6 Å². The van der Waals surface area contributed by atoms with Gasteiger partial charge in [-0.25, -0.2) is 4.68 Å². The lowest BCUT2D eigenvalue weighted by molar-refractivity contribution is -0.137. The fourth-order valence-corrected chi connectivity index (χ4v) is 3.90. The summed E-state index contributed by atoms with van der Waals surface area (Å²) < 4.78 is 40.2. The van der Waals surface area contributed by atoms with Gasteiger partial charge in [0.25, 0.3) is 5.56 Å². The molecule has 1 aliphatic heterocycles.